The first kappa shape index (κ1) is 15.5. The maximum absolute atomic E-state index is 12.3. The molecule has 1 fully saturated rings. The van der Waals surface area contributed by atoms with Crippen LogP contribution in [0.1, 0.15) is 55.9 Å². The van der Waals surface area contributed by atoms with Gasteiger partial charge in [0.25, 0.3) is 0 Å². The second-order valence-electron chi connectivity index (χ2n) is 5.76. The van der Waals surface area contributed by atoms with E-state index in [0.717, 1.165) is 38.8 Å². The molecule has 0 radical (unpaired) electrons. The summed E-state index contributed by atoms with van der Waals surface area (Å²) in [6.07, 6.45) is 6.55. The van der Waals surface area contributed by atoms with E-state index in [9.17, 15) is 9.59 Å². The zero-order valence-electron chi connectivity index (χ0n) is 12.7. The van der Waals surface area contributed by atoms with Gasteiger partial charge < -0.3 is 10.0 Å². The molecular formula is C15H23N3O3. The fourth-order valence-electron chi connectivity index (χ4n) is 2.87. The summed E-state index contributed by atoms with van der Waals surface area (Å²) >= 11 is 0. The van der Waals surface area contributed by atoms with Crippen molar-refractivity contribution < 1.29 is 14.7 Å². The zero-order chi connectivity index (χ0) is 15.4. The average molecular weight is 293 g/mol. The van der Waals surface area contributed by atoms with Gasteiger partial charge in [0.2, 0.25) is 5.91 Å². The van der Waals surface area contributed by atoms with Crippen LogP contribution in [0.3, 0.4) is 0 Å². The lowest BCUT2D eigenvalue weighted by atomic mass is 10.0. The number of rotatable bonds is 5. The van der Waals surface area contributed by atoms with Crippen LogP contribution < -0.4 is 0 Å². The number of carbonyl (C=O) groups excluding carboxylic acids is 1. The molecule has 1 aromatic rings. The van der Waals surface area contributed by atoms with Crippen LogP contribution in [0.4, 0.5) is 0 Å². The lowest BCUT2D eigenvalue weighted by molar-refractivity contribution is -0.136. The molecule has 0 bridgehead atoms. The number of hydrogen-bond acceptors (Lipinski definition) is 3. The third-order valence-corrected chi connectivity index (χ3v) is 4.14. The largest absolute Gasteiger partial charge is 0.478 e. The molecular weight excluding hydrogens is 270 g/mol. The summed E-state index contributed by atoms with van der Waals surface area (Å²) in [6, 6.07) is 0.184. The molecule has 1 amide bonds. The van der Waals surface area contributed by atoms with Crippen molar-refractivity contribution in [1.29, 1.82) is 0 Å². The third-order valence-electron chi connectivity index (χ3n) is 4.14. The molecule has 116 valence electrons. The van der Waals surface area contributed by atoms with Gasteiger partial charge in [0.1, 0.15) is 0 Å². The number of aromatic nitrogens is 2. The second-order valence-corrected chi connectivity index (χ2v) is 5.76. The van der Waals surface area contributed by atoms with Crippen LogP contribution >= 0.6 is 0 Å². The highest BCUT2D eigenvalue weighted by Crippen LogP contribution is 2.24. The van der Waals surface area contributed by atoms with Gasteiger partial charge in [-0.25, -0.2) is 4.79 Å². The highest BCUT2D eigenvalue weighted by molar-refractivity contribution is 5.86. The minimum Gasteiger partial charge on any atom is -0.478 e. The van der Waals surface area contributed by atoms with E-state index in [1.165, 1.54) is 6.20 Å². The second kappa shape index (κ2) is 6.74. The molecule has 0 spiro atoms. The van der Waals surface area contributed by atoms with Crippen LogP contribution in [0.15, 0.2) is 12.4 Å². The molecule has 2 heterocycles. The Morgan fingerprint density at radius 2 is 2.10 bits per heavy atom. The topological polar surface area (TPSA) is 75.4 Å². The van der Waals surface area contributed by atoms with Crippen LogP contribution in [0, 0.1) is 5.92 Å². The molecule has 1 aliphatic rings. The lowest BCUT2D eigenvalue weighted by Crippen LogP contribution is -2.41. The van der Waals surface area contributed by atoms with E-state index in [0.29, 0.717) is 0 Å². The fourth-order valence-corrected chi connectivity index (χ4v) is 2.87. The van der Waals surface area contributed by atoms with Crippen molar-refractivity contribution in [3.63, 3.8) is 0 Å². The molecule has 2 rings (SSSR count). The number of nitrogens with zero attached hydrogens (tertiary/aromatic N) is 3. The molecule has 1 aliphatic heterocycles. The van der Waals surface area contributed by atoms with Gasteiger partial charge in [0.15, 0.2) is 0 Å². The van der Waals surface area contributed by atoms with Crippen molar-refractivity contribution in [2.75, 3.05) is 13.1 Å². The fraction of sp³-hybridized carbons (Fsp3) is 0.667. The van der Waals surface area contributed by atoms with Crippen molar-refractivity contribution in [1.82, 2.24) is 14.7 Å². The number of carboxylic acids is 1. The summed E-state index contributed by atoms with van der Waals surface area (Å²) in [4.78, 5) is 25.0. The molecule has 1 N–H and O–H groups in total. The summed E-state index contributed by atoms with van der Waals surface area (Å²) in [5, 5.41) is 13.0. The van der Waals surface area contributed by atoms with Crippen LogP contribution in [0.25, 0.3) is 0 Å². The zero-order valence-corrected chi connectivity index (χ0v) is 12.7. The predicted molar refractivity (Wildman–Crippen MR) is 78.1 cm³/mol. The van der Waals surface area contributed by atoms with Crippen molar-refractivity contribution in [3.8, 4) is 0 Å². The quantitative estimate of drug-likeness (QED) is 0.903. The highest BCUT2D eigenvalue weighted by atomic mass is 16.4. The summed E-state index contributed by atoms with van der Waals surface area (Å²) in [5.41, 5.74) is 0.213. The van der Waals surface area contributed by atoms with Gasteiger partial charge in [0.05, 0.1) is 17.8 Å². The summed E-state index contributed by atoms with van der Waals surface area (Å²) in [5.74, 6) is -0.626. The molecule has 0 aliphatic carbocycles. The third kappa shape index (κ3) is 3.62. The number of amides is 1. The Hall–Kier alpha value is -1.85. The van der Waals surface area contributed by atoms with Crippen molar-refractivity contribution in [2.24, 2.45) is 5.92 Å². The summed E-state index contributed by atoms with van der Waals surface area (Å²) in [6.45, 7) is 5.53. The standard InChI is InChI=1S/C15H23N3O3/c1-3-4-11(2)14(19)17-7-5-13(6-8-17)18-10-12(9-16-18)15(20)21/h9-11,13H,3-8H2,1-2H3,(H,20,21). The normalized spacial score (nSPS) is 17.7. The SMILES string of the molecule is CCCC(C)C(=O)N1CCC(n2cc(C(=O)O)cn2)CC1. The number of carboxylic acid groups (broad SMARTS) is 1. The molecule has 21 heavy (non-hydrogen) atoms. The molecule has 1 aromatic heterocycles. The Bertz CT molecular complexity index is 504. The Morgan fingerprint density at radius 1 is 1.43 bits per heavy atom. The van der Waals surface area contributed by atoms with Crippen molar-refractivity contribution in [3.05, 3.63) is 18.0 Å². The first-order valence-electron chi connectivity index (χ1n) is 7.59. The van der Waals surface area contributed by atoms with Crippen molar-refractivity contribution in [2.45, 2.75) is 45.6 Å². The van der Waals surface area contributed by atoms with Crippen molar-refractivity contribution >= 4 is 11.9 Å². The monoisotopic (exact) mass is 293 g/mol. The number of piperidine rings is 1. The van der Waals surface area contributed by atoms with Gasteiger partial charge in [-0.1, -0.05) is 20.3 Å². The van der Waals surface area contributed by atoms with E-state index in [4.69, 9.17) is 5.11 Å². The van der Waals surface area contributed by atoms with Gasteiger partial charge in [-0.05, 0) is 19.3 Å². The van der Waals surface area contributed by atoms with E-state index < -0.39 is 5.97 Å². The van der Waals surface area contributed by atoms with Gasteiger partial charge in [0, 0.05) is 25.2 Å². The Morgan fingerprint density at radius 3 is 2.62 bits per heavy atom. The molecule has 0 saturated carbocycles. The smallest absolute Gasteiger partial charge is 0.338 e. The van der Waals surface area contributed by atoms with Crippen LogP contribution in [-0.2, 0) is 4.79 Å². The average Bonchev–Trinajstić information content (AvgIpc) is 2.97. The molecule has 1 unspecified atom stereocenters. The van der Waals surface area contributed by atoms with E-state index in [1.807, 2.05) is 11.8 Å². The van der Waals surface area contributed by atoms with Crippen LogP contribution in [-0.4, -0.2) is 44.8 Å². The minimum absolute atomic E-state index is 0.0925. The predicted octanol–water partition coefficient (Wildman–Crippen LogP) is 2.18. The molecule has 6 heteroatoms. The van der Waals surface area contributed by atoms with E-state index in [-0.39, 0.29) is 23.4 Å². The van der Waals surface area contributed by atoms with Gasteiger partial charge in [-0.3, -0.25) is 9.48 Å². The molecule has 0 aromatic carbocycles. The first-order chi connectivity index (χ1) is 10.0. The number of carbonyl (C=O) groups is 2. The van der Waals surface area contributed by atoms with Crippen LogP contribution in [0.2, 0.25) is 0 Å². The maximum Gasteiger partial charge on any atom is 0.338 e. The van der Waals surface area contributed by atoms with E-state index in [1.54, 1.807) is 10.9 Å². The summed E-state index contributed by atoms with van der Waals surface area (Å²) in [7, 11) is 0. The van der Waals surface area contributed by atoms with E-state index in [2.05, 4.69) is 12.0 Å². The van der Waals surface area contributed by atoms with Crippen LogP contribution in [0.5, 0.6) is 0 Å². The molecule has 1 atom stereocenters. The summed E-state index contributed by atoms with van der Waals surface area (Å²) < 4.78 is 1.72. The van der Waals surface area contributed by atoms with Gasteiger partial charge in [-0.2, -0.15) is 5.10 Å². The lowest BCUT2D eigenvalue weighted by Gasteiger charge is -2.33. The first-order valence-corrected chi connectivity index (χ1v) is 7.59. The number of hydrogen-bond donors (Lipinski definition) is 1. The number of aromatic carboxylic acids is 1. The number of likely N-dealkylation sites (tertiary alicyclic amines) is 1. The Labute approximate surface area is 124 Å². The Kier molecular flexibility index (Phi) is 4.98. The molecule has 6 nitrogen and oxygen atoms in total. The molecule has 1 saturated heterocycles. The van der Waals surface area contributed by atoms with E-state index >= 15 is 0 Å². The Balaban J connectivity index is 1.90. The van der Waals surface area contributed by atoms with Gasteiger partial charge >= 0.3 is 5.97 Å². The van der Waals surface area contributed by atoms with Gasteiger partial charge in [-0.15, -0.1) is 0 Å². The maximum atomic E-state index is 12.3. The minimum atomic E-state index is -0.956. The highest BCUT2D eigenvalue weighted by Gasteiger charge is 2.26.